The van der Waals surface area contributed by atoms with Gasteiger partial charge in [0, 0.05) is 29.3 Å². The fraction of sp³-hybridized carbons (Fsp3) is 0.222. The summed E-state index contributed by atoms with van der Waals surface area (Å²) in [5.74, 6) is -0.945. The molecule has 35 heavy (non-hydrogen) atoms. The number of aromatic hydroxyl groups is 1. The second-order valence-electron chi connectivity index (χ2n) is 7.67. The predicted octanol–water partition coefficient (Wildman–Crippen LogP) is 5.53. The van der Waals surface area contributed by atoms with Crippen molar-refractivity contribution in [1.29, 1.82) is 5.26 Å². The summed E-state index contributed by atoms with van der Waals surface area (Å²) in [4.78, 5) is 23.7. The highest BCUT2D eigenvalue weighted by Crippen LogP contribution is 2.36. The maximum absolute atomic E-state index is 12.9. The first-order valence-electron chi connectivity index (χ1n) is 11.1. The van der Waals surface area contributed by atoms with Crippen LogP contribution in [0, 0.1) is 11.3 Å². The molecular formula is C27H26N2O6. The molecule has 1 amide bonds. The Hall–Kier alpha value is -4.35. The number of phenolic OH excluding ortho intramolecular Hbond substituents is 1. The Morgan fingerprint density at radius 1 is 1.09 bits per heavy atom. The summed E-state index contributed by atoms with van der Waals surface area (Å²) in [6.07, 6.45) is 1.22. The number of nitrogens with one attached hydrogen (secondary N) is 1. The third kappa shape index (κ3) is 6.82. The average Bonchev–Trinajstić information content (AvgIpc) is 2.85. The predicted molar refractivity (Wildman–Crippen MR) is 131 cm³/mol. The molecule has 0 radical (unpaired) electrons. The van der Waals surface area contributed by atoms with E-state index in [-0.39, 0.29) is 5.75 Å². The van der Waals surface area contributed by atoms with Gasteiger partial charge in [0.25, 0.3) is 0 Å². The number of nitrogens with zero attached hydrogens (tertiary/aromatic N) is 1. The minimum atomic E-state index is -1.04. The van der Waals surface area contributed by atoms with Gasteiger partial charge in [-0.15, -0.1) is 0 Å². The van der Waals surface area contributed by atoms with Gasteiger partial charge < -0.3 is 19.7 Å². The highest BCUT2D eigenvalue weighted by Gasteiger charge is 2.29. The van der Waals surface area contributed by atoms with E-state index in [0.717, 1.165) is 6.08 Å². The monoisotopic (exact) mass is 474 g/mol. The van der Waals surface area contributed by atoms with E-state index in [1.54, 1.807) is 48.5 Å². The van der Waals surface area contributed by atoms with Crippen LogP contribution in [0.4, 0.5) is 10.5 Å². The lowest BCUT2D eigenvalue weighted by atomic mass is 9.94. The van der Waals surface area contributed by atoms with Crippen molar-refractivity contribution in [2.75, 3.05) is 11.9 Å². The van der Waals surface area contributed by atoms with Gasteiger partial charge in [0.1, 0.15) is 5.75 Å². The molecule has 8 nitrogen and oxygen atoms in total. The number of hydrogen-bond donors (Lipinski definition) is 3. The molecular weight excluding hydrogens is 448 g/mol. The molecule has 0 aliphatic heterocycles. The zero-order valence-electron chi connectivity index (χ0n) is 19.2. The summed E-state index contributed by atoms with van der Waals surface area (Å²) in [5, 5.41) is 32.1. The van der Waals surface area contributed by atoms with Gasteiger partial charge in [-0.1, -0.05) is 36.4 Å². The molecule has 0 aliphatic carbocycles. The maximum atomic E-state index is 12.9. The second-order valence-corrected chi connectivity index (χ2v) is 7.67. The molecule has 0 fully saturated rings. The number of carbonyl (C=O) groups is 2. The van der Waals surface area contributed by atoms with E-state index in [2.05, 4.69) is 5.32 Å². The molecule has 3 aromatic carbocycles. The van der Waals surface area contributed by atoms with Gasteiger partial charge in [0.2, 0.25) is 0 Å². The third-order valence-corrected chi connectivity index (χ3v) is 5.33. The van der Waals surface area contributed by atoms with Gasteiger partial charge in [-0.25, -0.2) is 9.59 Å². The quantitative estimate of drug-likeness (QED) is 0.329. The van der Waals surface area contributed by atoms with Crippen molar-refractivity contribution in [2.45, 2.75) is 32.0 Å². The number of amides is 1. The Labute approximate surface area is 203 Å². The largest absolute Gasteiger partial charge is 0.507 e. The average molecular weight is 475 g/mol. The normalized spacial score (nSPS) is 12.7. The highest BCUT2D eigenvalue weighted by molar-refractivity contribution is 5.91. The van der Waals surface area contributed by atoms with Crippen molar-refractivity contribution in [3.63, 3.8) is 0 Å². The van der Waals surface area contributed by atoms with Crippen LogP contribution in [-0.4, -0.2) is 35.0 Å². The molecule has 0 heterocycles. The molecule has 0 spiro atoms. The van der Waals surface area contributed by atoms with Crippen molar-refractivity contribution >= 4 is 28.5 Å². The molecule has 0 bridgehead atoms. The summed E-state index contributed by atoms with van der Waals surface area (Å²) in [6.45, 7) is 2.17. The van der Waals surface area contributed by atoms with Crippen molar-refractivity contribution < 1.29 is 29.3 Å². The number of hydrogen-bond acceptors (Lipinski definition) is 6. The van der Waals surface area contributed by atoms with Crippen molar-refractivity contribution in [1.82, 2.24) is 0 Å². The van der Waals surface area contributed by atoms with E-state index >= 15 is 0 Å². The number of ether oxygens (including phenoxy) is 2. The Balaban J connectivity index is 1.94. The van der Waals surface area contributed by atoms with E-state index in [9.17, 15) is 14.7 Å². The van der Waals surface area contributed by atoms with Crippen molar-refractivity contribution in [3.05, 3.63) is 83.9 Å². The lowest BCUT2D eigenvalue weighted by Gasteiger charge is -2.28. The van der Waals surface area contributed by atoms with Crippen molar-refractivity contribution in [3.8, 4) is 11.8 Å². The molecule has 0 unspecified atom stereocenters. The zero-order chi connectivity index (χ0) is 25.2. The number of fused-ring (bicyclic) bond motifs is 1. The van der Waals surface area contributed by atoms with Crippen LogP contribution in [0.25, 0.3) is 10.8 Å². The number of nitriles is 1. The SMILES string of the molecule is CCO[C@H](CC/C=C/C(=O)O)[C@H](OC(=O)Nc1ccc(C#N)cc1)c1ccc(O)c2ccccc12. The first-order chi connectivity index (χ1) is 16.9. The Bertz CT molecular complexity index is 1250. The smallest absolute Gasteiger partial charge is 0.412 e. The first-order valence-corrected chi connectivity index (χ1v) is 11.1. The maximum Gasteiger partial charge on any atom is 0.412 e. The number of phenols is 1. The van der Waals surface area contributed by atoms with E-state index in [1.807, 2.05) is 25.1 Å². The minimum Gasteiger partial charge on any atom is -0.507 e. The molecule has 3 rings (SSSR count). The van der Waals surface area contributed by atoms with E-state index < -0.39 is 24.3 Å². The van der Waals surface area contributed by atoms with Crippen LogP contribution < -0.4 is 5.32 Å². The van der Waals surface area contributed by atoms with Gasteiger partial charge in [-0.2, -0.15) is 5.26 Å². The van der Waals surface area contributed by atoms with Crippen molar-refractivity contribution in [2.24, 2.45) is 0 Å². The number of aliphatic carboxylic acids is 1. The second kappa shape index (κ2) is 12.2. The summed E-state index contributed by atoms with van der Waals surface area (Å²) in [6, 6.07) is 18.8. The number of anilines is 1. The third-order valence-electron chi connectivity index (χ3n) is 5.33. The lowest BCUT2D eigenvalue weighted by Crippen LogP contribution is -2.29. The number of carbonyl (C=O) groups excluding carboxylic acids is 1. The van der Waals surface area contributed by atoms with Crippen LogP contribution in [0.1, 0.15) is 37.0 Å². The topological polar surface area (TPSA) is 129 Å². The molecule has 0 saturated heterocycles. The van der Waals surface area contributed by atoms with Gasteiger partial charge in [0.15, 0.2) is 6.10 Å². The first kappa shape index (κ1) is 25.3. The van der Waals surface area contributed by atoms with Gasteiger partial charge in [-0.05, 0) is 55.5 Å². The van der Waals surface area contributed by atoms with Gasteiger partial charge >= 0.3 is 12.1 Å². The number of carboxylic acids is 1. The number of carboxylic acid groups (broad SMARTS) is 1. The summed E-state index contributed by atoms with van der Waals surface area (Å²) >= 11 is 0. The van der Waals surface area contributed by atoms with Gasteiger partial charge in [0.05, 0.1) is 17.7 Å². The molecule has 2 atom stereocenters. The Morgan fingerprint density at radius 3 is 2.46 bits per heavy atom. The molecule has 0 aliphatic rings. The van der Waals surface area contributed by atoms with Crippen LogP contribution in [-0.2, 0) is 14.3 Å². The van der Waals surface area contributed by atoms with Crippen LogP contribution in [0.15, 0.2) is 72.8 Å². The molecule has 8 heteroatoms. The molecule has 0 saturated carbocycles. The Kier molecular flexibility index (Phi) is 8.82. The number of allylic oxidation sites excluding steroid dienone is 1. The fourth-order valence-corrected chi connectivity index (χ4v) is 3.77. The Morgan fingerprint density at radius 2 is 1.80 bits per heavy atom. The van der Waals surface area contributed by atoms with E-state index in [1.165, 1.54) is 6.08 Å². The molecule has 0 aromatic heterocycles. The van der Waals surface area contributed by atoms with Crippen LogP contribution in [0.5, 0.6) is 5.75 Å². The standard InChI is InChI=1S/C27H26N2O6/c1-2-34-24(9-5-6-10-25(31)32)26(22-15-16-23(30)21-8-4-3-7-20(21)22)35-27(33)29-19-13-11-18(17-28)12-14-19/h3-4,6-8,10-16,24,26,30H,2,5,9H2,1H3,(H,29,33)(H,31,32)/b10-6+/t24-,26-/m1/s1. The van der Waals surface area contributed by atoms with Gasteiger partial charge in [-0.3, -0.25) is 5.32 Å². The summed E-state index contributed by atoms with van der Waals surface area (Å²) in [7, 11) is 0. The minimum absolute atomic E-state index is 0.0995. The number of rotatable bonds is 10. The number of benzene rings is 3. The molecule has 3 aromatic rings. The van der Waals surface area contributed by atoms with E-state index in [4.69, 9.17) is 19.8 Å². The lowest BCUT2D eigenvalue weighted by molar-refractivity contribution is -0.131. The zero-order valence-corrected chi connectivity index (χ0v) is 19.2. The fourth-order valence-electron chi connectivity index (χ4n) is 3.77. The summed E-state index contributed by atoms with van der Waals surface area (Å²) < 4.78 is 11.8. The van der Waals surface area contributed by atoms with Crippen LogP contribution in [0.3, 0.4) is 0 Å². The molecule has 3 N–H and O–H groups in total. The molecule has 180 valence electrons. The highest BCUT2D eigenvalue weighted by atomic mass is 16.6. The summed E-state index contributed by atoms with van der Waals surface area (Å²) in [5.41, 5.74) is 1.57. The van der Waals surface area contributed by atoms with Crippen LogP contribution in [0.2, 0.25) is 0 Å². The van der Waals surface area contributed by atoms with E-state index in [0.29, 0.717) is 47.0 Å². The van der Waals surface area contributed by atoms with Crippen LogP contribution >= 0.6 is 0 Å².